The lowest BCUT2D eigenvalue weighted by Gasteiger charge is -2.07. The van der Waals surface area contributed by atoms with Crippen LogP contribution in [0, 0.1) is 0 Å². The van der Waals surface area contributed by atoms with Crippen molar-refractivity contribution in [1.82, 2.24) is 14.8 Å². The second-order valence-corrected chi connectivity index (χ2v) is 4.65. The van der Waals surface area contributed by atoms with Crippen molar-refractivity contribution in [2.24, 2.45) is 0 Å². The molecule has 2 rings (SSSR count). The van der Waals surface area contributed by atoms with Gasteiger partial charge in [0.15, 0.2) is 0 Å². The second kappa shape index (κ2) is 6.00. The summed E-state index contributed by atoms with van der Waals surface area (Å²) in [6.45, 7) is 5.50. The smallest absolute Gasteiger partial charge is 0.138 e. The van der Waals surface area contributed by atoms with Crippen LogP contribution in [0.5, 0.6) is 5.75 Å². The lowest BCUT2D eigenvalue weighted by atomic mass is 10.3. The Morgan fingerprint density at radius 2 is 2.22 bits per heavy atom. The number of halogens is 1. The van der Waals surface area contributed by atoms with Gasteiger partial charge in [0.25, 0.3) is 0 Å². The van der Waals surface area contributed by atoms with E-state index in [1.807, 2.05) is 16.8 Å². The Labute approximate surface area is 115 Å². The second-order valence-electron chi connectivity index (χ2n) is 3.85. The van der Waals surface area contributed by atoms with Crippen LogP contribution in [0.3, 0.4) is 0 Å². The van der Waals surface area contributed by atoms with Gasteiger partial charge in [0.05, 0.1) is 22.1 Å². The summed E-state index contributed by atoms with van der Waals surface area (Å²) < 4.78 is 8.74. The Balaban J connectivity index is 2.16. The fourth-order valence-electron chi connectivity index (χ4n) is 1.74. The standard InChI is InChI=1S/C13H16BrN3O/c1-3-11-13(14)12(17(4-2)16-11)9-18-10-6-5-7-15-8-10/h5-8H,3-4,9H2,1-2H3. The first-order chi connectivity index (χ1) is 8.76. The summed E-state index contributed by atoms with van der Waals surface area (Å²) in [6, 6.07) is 3.76. The average molecular weight is 310 g/mol. The fraction of sp³-hybridized carbons (Fsp3) is 0.385. The Kier molecular flexibility index (Phi) is 4.36. The molecule has 2 heterocycles. The molecule has 0 saturated carbocycles. The van der Waals surface area contributed by atoms with Gasteiger partial charge in [-0.25, -0.2) is 0 Å². The van der Waals surface area contributed by atoms with Crippen LogP contribution in [0.15, 0.2) is 29.0 Å². The molecule has 0 N–H and O–H groups in total. The van der Waals surface area contributed by atoms with Gasteiger partial charge in [0.1, 0.15) is 12.4 Å². The molecule has 2 aromatic rings. The molecule has 5 heteroatoms. The van der Waals surface area contributed by atoms with E-state index in [1.54, 1.807) is 12.4 Å². The monoisotopic (exact) mass is 309 g/mol. The van der Waals surface area contributed by atoms with E-state index in [9.17, 15) is 0 Å². The average Bonchev–Trinajstić information content (AvgIpc) is 2.73. The van der Waals surface area contributed by atoms with Gasteiger partial charge < -0.3 is 4.74 Å². The van der Waals surface area contributed by atoms with Gasteiger partial charge in [0.2, 0.25) is 0 Å². The highest BCUT2D eigenvalue weighted by molar-refractivity contribution is 9.10. The zero-order chi connectivity index (χ0) is 13.0. The molecule has 0 unspecified atom stereocenters. The first-order valence-corrected chi connectivity index (χ1v) is 6.82. The molecule has 96 valence electrons. The third kappa shape index (κ3) is 2.72. The van der Waals surface area contributed by atoms with Gasteiger partial charge >= 0.3 is 0 Å². The topological polar surface area (TPSA) is 39.9 Å². The van der Waals surface area contributed by atoms with Crippen molar-refractivity contribution in [3.05, 3.63) is 40.4 Å². The Hall–Kier alpha value is -1.36. The van der Waals surface area contributed by atoms with Crippen molar-refractivity contribution in [2.45, 2.75) is 33.4 Å². The highest BCUT2D eigenvalue weighted by atomic mass is 79.9. The maximum atomic E-state index is 5.72. The molecular formula is C13H16BrN3O. The Morgan fingerprint density at radius 3 is 2.83 bits per heavy atom. The number of hydrogen-bond acceptors (Lipinski definition) is 3. The summed E-state index contributed by atoms with van der Waals surface area (Å²) in [6.07, 6.45) is 4.35. The van der Waals surface area contributed by atoms with E-state index < -0.39 is 0 Å². The zero-order valence-electron chi connectivity index (χ0n) is 10.6. The molecule has 0 aliphatic heterocycles. The number of ether oxygens (including phenoxy) is 1. The molecule has 18 heavy (non-hydrogen) atoms. The molecule has 0 aliphatic carbocycles. The summed E-state index contributed by atoms with van der Waals surface area (Å²) in [4.78, 5) is 4.02. The summed E-state index contributed by atoms with van der Waals surface area (Å²) in [5, 5.41) is 4.53. The first kappa shape index (κ1) is 13.1. The molecule has 0 fully saturated rings. The van der Waals surface area contributed by atoms with Crippen molar-refractivity contribution < 1.29 is 4.74 Å². The van der Waals surface area contributed by atoms with Gasteiger partial charge in [-0.3, -0.25) is 9.67 Å². The maximum Gasteiger partial charge on any atom is 0.138 e. The van der Waals surface area contributed by atoms with Crippen molar-refractivity contribution >= 4 is 15.9 Å². The van der Waals surface area contributed by atoms with E-state index >= 15 is 0 Å². The third-order valence-electron chi connectivity index (χ3n) is 2.70. The molecule has 0 amide bonds. The van der Waals surface area contributed by atoms with Gasteiger partial charge in [-0.05, 0) is 41.4 Å². The normalized spacial score (nSPS) is 10.6. The molecule has 0 bridgehead atoms. The highest BCUT2D eigenvalue weighted by Crippen LogP contribution is 2.23. The fourth-order valence-corrected chi connectivity index (χ4v) is 2.42. The SMILES string of the molecule is CCc1nn(CC)c(COc2cccnc2)c1Br. The van der Waals surface area contributed by atoms with E-state index in [2.05, 4.69) is 39.9 Å². The van der Waals surface area contributed by atoms with Crippen molar-refractivity contribution in [3.63, 3.8) is 0 Å². The lowest BCUT2D eigenvalue weighted by molar-refractivity contribution is 0.290. The van der Waals surface area contributed by atoms with Crippen LogP contribution >= 0.6 is 15.9 Å². The van der Waals surface area contributed by atoms with Crippen LogP contribution in [0.4, 0.5) is 0 Å². The van der Waals surface area contributed by atoms with E-state index in [-0.39, 0.29) is 0 Å². The molecule has 4 nitrogen and oxygen atoms in total. The number of aromatic nitrogens is 3. The van der Waals surface area contributed by atoms with Gasteiger partial charge in [-0.2, -0.15) is 5.10 Å². The summed E-state index contributed by atoms with van der Waals surface area (Å²) in [7, 11) is 0. The van der Waals surface area contributed by atoms with Gasteiger partial charge in [-0.1, -0.05) is 6.92 Å². The van der Waals surface area contributed by atoms with Crippen molar-refractivity contribution in [1.29, 1.82) is 0 Å². The molecule has 0 aliphatic rings. The van der Waals surface area contributed by atoms with Crippen LogP contribution in [-0.2, 0) is 19.6 Å². The van der Waals surface area contributed by atoms with Crippen molar-refractivity contribution in [2.75, 3.05) is 0 Å². The number of hydrogen-bond donors (Lipinski definition) is 0. The van der Waals surface area contributed by atoms with Crippen LogP contribution < -0.4 is 4.74 Å². The molecule has 0 atom stereocenters. The third-order valence-corrected chi connectivity index (χ3v) is 3.62. The molecule has 0 aromatic carbocycles. The first-order valence-electron chi connectivity index (χ1n) is 6.03. The number of aryl methyl sites for hydroxylation is 2. The summed E-state index contributed by atoms with van der Waals surface area (Å²) >= 11 is 3.60. The predicted molar refractivity (Wildman–Crippen MR) is 73.5 cm³/mol. The highest BCUT2D eigenvalue weighted by Gasteiger charge is 2.14. The predicted octanol–water partition coefficient (Wildman–Crippen LogP) is 3.20. The van der Waals surface area contributed by atoms with E-state index in [0.29, 0.717) is 6.61 Å². The van der Waals surface area contributed by atoms with Crippen molar-refractivity contribution in [3.8, 4) is 5.75 Å². The largest absolute Gasteiger partial charge is 0.486 e. The minimum atomic E-state index is 0.493. The Bertz CT molecular complexity index is 510. The molecule has 2 aromatic heterocycles. The molecule has 0 saturated heterocycles. The number of nitrogens with zero attached hydrogens (tertiary/aromatic N) is 3. The summed E-state index contributed by atoms with van der Waals surface area (Å²) in [5.41, 5.74) is 2.14. The summed E-state index contributed by atoms with van der Waals surface area (Å²) in [5.74, 6) is 0.770. The van der Waals surface area contributed by atoms with Gasteiger partial charge in [0, 0.05) is 12.7 Å². The zero-order valence-corrected chi connectivity index (χ0v) is 12.1. The maximum absolute atomic E-state index is 5.72. The number of pyridine rings is 1. The minimum Gasteiger partial charge on any atom is -0.486 e. The minimum absolute atomic E-state index is 0.493. The van der Waals surface area contributed by atoms with E-state index in [1.165, 1.54) is 0 Å². The van der Waals surface area contributed by atoms with Crippen LogP contribution in [0.25, 0.3) is 0 Å². The van der Waals surface area contributed by atoms with Gasteiger partial charge in [-0.15, -0.1) is 0 Å². The quantitative estimate of drug-likeness (QED) is 0.851. The molecular weight excluding hydrogens is 294 g/mol. The number of rotatable bonds is 5. The van der Waals surface area contributed by atoms with E-state index in [0.717, 1.165) is 34.6 Å². The molecule has 0 spiro atoms. The Morgan fingerprint density at radius 1 is 1.39 bits per heavy atom. The van der Waals surface area contributed by atoms with E-state index in [4.69, 9.17) is 4.74 Å². The molecule has 0 radical (unpaired) electrons. The van der Waals surface area contributed by atoms with Crippen LogP contribution in [-0.4, -0.2) is 14.8 Å². The van der Waals surface area contributed by atoms with Crippen LogP contribution in [0.1, 0.15) is 25.2 Å². The van der Waals surface area contributed by atoms with Crippen LogP contribution in [0.2, 0.25) is 0 Å². The lowest BCUT2D eigenvalue weighted by Crippen LogP contribution is -2.06.